The average molecular weight is 445 g/mol. The summed E-state index contributed by atoms with van der Waals surface area (Å²) in [5.41, 5.74) is 2.17. The molecule has 0 aliphatic carbocycles. The standard InChI is InChI=1S/C24H27F3N4O/c1-14(18-4-3-5-19(23(18)25)24(26)27)29-22-8-10-28-21-7-6-17(12-20(21)22)31-11-9-16(13-31)30-15(2)32/h3-8,10,12,14-16,24,30,32H,9,11,13H2,1-2H3,(H,28,29)/t14-,15?,16-/m1/s1. The Kier molecular flexibility index (Phi) is 6.53. The quantitative estimate of drug-likeness (QED) is 0.448. The van der Waals surface area contributed by atoms with Crippen LogP contribution >= 0.6 is 0 Å². The molecule has 3 atom stereocenters. The lowest BCUT2D eigenvalue weighted by Gasteiger charge is -2.22. The van der Waals surface area contributed by atoms with Crippen molar-refractivity contribution in [2.45, 2.75) is 45.0 Å². The predicted octanol–water partition coefficient (Wildman–Crippen LogP) is 4.99. The number of aliphatic hydroxyl groups is 1. The van der Waals surface area contributed by atoms with Crippen LogP contribution in [0.5, 0.6) is 0 Å². The van der Waals surface area contributed by atoms with Gasteiger partial charge in [0.25, 0.3) is 6.43 Å². The first kappa shape index (κ1) is 22.4. The molecule has 4 rings (SSSR count). The first-order valence-corrected chi connectivity index (χ1v) is 10.7. The minimum absolute atomic E-state index is 0.190. The van der Waals surface area contributed by atoms with Crippen molar-refractivity contribution in [3.63, 3.8) is 0 Å². The lowest BCUT2D eigenvalue weighted by Crippen LogP contribution is -2.38. The summed E-state index contributed by atoms with van der Waals surface area (Å²) in [5.74, 6) is -0.879. The molecule has 2 heterocycles. The van der Waals surface area contributed by atoms with Crippen LogP contribution in [0.4, 0.5) is 24.5 Å². The maximum atomic E-state index is 14.6. The Bertz CT molecular complexity index is 1090. The third kappa shape index (κ3) is 4.66. The van der Waals surface area contributed by atoms with E-state index in [0.29, 0.717) is 0 Å². The number of halogens is 3. The number of anilines is 2. The van der Waals surface area contributed by atoms with Gasteiger partial charge in [-0.15, -0.1) is 0 Å². The molecule has 1 unspecified atom stereocenters. The molecule has 0 radical (unpaired) electrons. The monoisotopic (exact) mass is 444 g/mol. The highest BCUT2D eigenvalue weighted by Gasteiger charge is 2.24. The first-order chi connectivity index (χ1) is 15.3. The molecule has 8 heteroatoms. The van der Waals surface area contributed by atoms with E-state index in [9.17, 15) is 18.3 Å². The van der Waals surface area contributed by atoms with Gasteiger partial charge in [-0.3, -0.25) is 10.3 Å². The zero-order valence-corrected chi connectivity index (χ0v) is 18.0. The Labute approximate surface area is 185 Å². The van der Waals surface area contributed by atoms with Gasteiger partial charge in [0.2, 0.25) is 0 Å². The molecule has 1 aliphatic rings. The molecular formula is C24H27F3N4O. The second-order valence-corrected chi connectivity index (χ2v) is 8.25. The number of pyridine rings is 1. The van der Waals surface area contributed by atoms with Gasteiger partial charge in [-0.25, -0.2) is 13.2 Å². The summed E-state index contributed by atoms with van der Waals surface area (Å²) in [6.07, 6.45) is -0.819. The molecule has 0 spiro atoms. The van der Waals surface area contributed by atoms with E-state index in [-0.39, 0.29) is 11.6 Å². The van der Waals surface area contributed by atoms with Crippen molar-refractivity contribution in [2.24, 2.45) is 0 Å². The van der Waals surface area contributed by atoms with Crippen LogP contribution in [0.1, 0.15) is 43.9 Å². The van der Waals surface area contributed by atoms with Crippen molar-refractivity contribution in [3.8, 4) is 0 Å². The minimum Gasteiger partial charge on any atom is -0.379 e. The molecule has 1 fully saturated rings. The molecule has 0 amide bonds. The molecule has 1 aromatic heterocycles. The third-order valence-electron chi connectivity index (χ3n) is 5.89. The number of nitrogens with zero attached hydrogens (tertiary/aromatic N) is 2. The van der Waals surface area contributed by atoms with E-state index in [1.54, 1.807) is 26.1 Å². The largest absolute Gasteiger partial charge is 0.379 e. The van der Waals surface area contributed by atoms with Gasteiger partial charge in [0, 0.05) is 47.7 Å². The van der Waals surface area contributed by atoms with E-state index >= 15 is 0 Å². The van der Waals surface area contributed by atoms with Crippen LogP contribution < -0.4 is 15.5 Å². The van der Waals surface area contributed by atoms with Gasteiger partial charge in [-0.1, -0.05) is 18.2 Å². The molecule has 1 saturated heterocycles. The van der Waals surface area contributed by atoms with Crippen LogP contribution in [-0.2, 0) is 0 Å². The van der Waals surface area contributed by atoms with E-state index < -0.39 is 30.1 Å². The van der Waals surface area contributed by atoms with Gasteiger partial charge in [0.15, 0.2) is 0 Å². The van der Waals surface area contributed by atoms with Crippen molar-refractivity contribution < 1.29 is 18.3 Å². The van der Waals surface area contributed by atoms with E-state index in [4.69, 9.17) is 0 Å². The van der Waals surface area contributed by atoms with Crippen molar-refractivity contribution in [3.05, 3.63) is 65.6 Å². The second-order valence-electron chi connectivity index (χ2n) is 8.25. The molecule has 1 aliphatic heterocycles. The summed E-state index contributed by atoms with van der Waals surface area (Å²) < 4.78 is 40.8. The molecule has 32 heavy (non-hydrogen) atoms. The SMILES string of the molecule is CC(O)N[C@@H]1CCN(c2ccc3nccc(N[C@H](C)c4cccc(C(F)F)c4F)c3c2)C1. The number of alkyl halides is 2. The fraction of sp³-hybridized carbons (Fsp3) is 0.375. The van der Waals surface area contributed by atoms with Crippen molar-refractivity contribution in [1.82, 2.24) is 10.3 Å². The van der Waals surface area contributed by atoms with Gasteiger partial charge in [0.05, 0.1) is 17.1 Å². The van der Waals surface area contributed by atoms with Crippen molar-refractivity contribution >= 4 is 22.3 Å². The summed E-state index contributed by atoms with van der Waals surface area (Å²) in [7, 11) is 0. The zero-order valence-electron chi connectivity index (χ0n) is 18.0. The summed E-state index contributed by atoms with van der Waals surface area (Å²) >= 11 is 0. The highest BCUT2D eigenvalue weighted by molar-refractivity contribution is 5.93. The Hall–Kier alpha value is -2.84. The van der Waals surface area contributed by atoms with Gasteiger partial charge in [-0.05, 0) is 44.5 Å². The molecule has 170 valence electrons. The smallest absolute Gasteiger partial charge is 0.266 e. The number of aromatic nitrogens is 1. The van der Waals surface area contributed by atoms with E-state index in [1.807, 2.05) is 18.2 Å². The van der Waals surface area contributed by atoms with Crippen molar-refractivity contribution in [2.75, 3.05) is 23.3 Å². The number of rotatable bonds is 7. The maximum absolute atomic E-state index is 14.6. The first-order valence-electron chi connectivity index (χ1n) is 10.7. The van der Waals surface area contributed by atoms with Gasteiger partial charge in [-0.2, -0.15) is 0 Å². The molecular weight excluding hydrogens is 417 g/mol. The minimum atomic E-state index is -2.86. The molecule has 3 N–H and O–H groups in total. The number of aliphatic hydroxyl groups excluding tert-OH is 1. The van der Waals surface area contributed by atoms with Crippen LogP contribution in [-0.4, -0.2) is 35.4 Å². The molecule has 0 bridgehead atoms. The predicted molar refractivity (Wildman–Crippen MR) is 121 cm³/mol. The fourth-order valence-electron chi connectivity index (χ4n) is 4.31. The molecule has 3 aromatic rings. The Morgan fingerprint density at radius 1 is 1.12 bits per heavy atom. The van der Waals surface area contributed by atoms with Crippen LogP contribution in [0.3, 0.4) is 0 Å². The highest BCUT2D eigenvalue weighted by Crippen LogP contribution is 2.33. The van der Waals surface area contributed by atoms with Crippen LogP contribution in [0.2, 0.25) is 0 Å². The van der Waals surface area contributed by atoms with Crippen LogP contribution in [0.15, 0.2) is 48.7 Å². The Morgan fingerprint density at radius 2 is 1.91 bits per heavy atom. The Balaban J connectivity index is 1.60. The van der Waals surface area contributed by atoms with Gasteiger partial charge >= 0.3 is 0 Å². The van der Waals surface area contributed by atoms with E-state index in [1.165, 1.54) is 12.1 Å². The number of hydrogen-bond donors (Lipinski definition) is 3. The fourth-order valence-corrected chi connectivity index (χ4v) is 4.31. The summed E-state index contributed by atoms with van der Waals surface area (Å²) in [4.78, 5) is 6.66. The number of fused-ring (bicyclic) bond motifs is 1. The average Bonchev–Trinajstić information content (AvgIpc) is 3.21. The summed E-state index contributed by atoms with van der Waals surface area (Å²) in [6, 6.07) is 11.6. The second kappa shape index (κ2) is 9.34. The maximum Gasteiger partial charge on any atom is 0.266 e. The Morgan fingerprint density at radius 3 is 2.66 bits per heavy atom. The highest BCUT2D eigenvalue weighted by atomic mass is 19.3. The summed E-state index contributed by atoms with van der Waals surface area (Å²) in [5, 5.41) is 16.9. The van der Waals surface area contributed by atoms with E-state index in [2.05, 4.69) is 20.5 Å². The molecule has 2 aromatic carbocycles. The normalized spacial score (nSPS) is 18.3. The summed E-state index contributed by atoms with van der Waals surface area (Å²) in [6.45, 7) is 5.10. The van der Waals surface area contributed by atoms with Gasteiger partial charge < -0.3 is 15.3 Å². The lowest BCUT2D eigenvalue weighted by molar-refractivity contribution is 0.143. The van der Waals surface area contributed by atoms with Crippen LogP contribution in [0, 0.1) is 5.82 Å². The zero-order chi connectivity index (χ0) is 22.8. The van der Waals surface area contributed by atoms with Crippen molar-refractivity contribution in [1.29, 1.82) is 0 Å². The van der Waals surface area contributed by atoms with E-state index in [0.717, 1.165) is 47.9 Å². The molecule has 0 saturated carbocycles. The number of benzene rings is 2. The topological polar surface area (TPSA) is 60.4 Å². The molecule has 5 nitrogen and oxygen atoms in total. The van der Waals surface area contributed by atoms with Crippen LogP contribution in [0.25, 0.3) is 10.9 Å². The number of nitrogens with one attached hydrogen (secondary N) is 2. The third-order valence-corrected chi connectivity index (χ3v) is 5.89. The van der Waals surface area contributed by atoms with Gasteiger partial charge in [0.1, 0.15) is 12.0 Å². The lowest BCUT2D eigenvalue weighted by atomic mass is 10.0. The number of hydrogen-bond acceptors (Lipinski definition) is 5.